The zero-order valence-electron chi connectivity index (χ0n) is 11.7. The van der Waals surface area contributed by atoms with Crippen LogP contribution in [0.25, 0.3) is 0 Å². The van der Waals surface area contributed by atoms with E-state index in [9.17, 15) is 0 Å². The molecule has 1 aliphatic carbocycles. The number of nitrogens with one attached hydrogen (secondary N) is 1. The van der Waals surface area contributed by atoms with Gasteiger partial charge in [-0.1, -0.05) is 0 Å². The Morgan fingerprint density at radius 2 is 1.61 bits per heavy atom. The van der Waals surface area contributed by atoms with Crippen molar-refractivity contribution in [3.63, 3.8) is 0 Å². The van der Waals surface area contributed by atoms with Crippen LogP contribution >= 0.6 is 0 Å². The lowest BCUT2D eigenvalue weighted by Gasteiger charge is -2.12. The minimum absolute atomic E-state index is 0.406. The molecule has 2 atom stereocenters. The Balaban J connectivity index is 1.79. The maximum Gasteiger partial charge on any atom is 0.0704 e. The van der Waals surface area contributed by atoms with Crippen LogP contribution in [-0.4, -0.2) is 65.9 Å². The second-order valence-electron chi connectivity index (χ2n) is 4.51. The molecule has 0 aromatic carbocycles. The smallest absolute Gasteiger partial charge is 0.0704 e. The van der Waals surface area contributed by atoms with E-state index in [0.29, 0.717) is 51.8 Å². The maximum absolute atomic E-state index is 5.75. The van der Waals surface area contributed by atoms with Gasteiger partial charge < -0.3 is 24.3 Å². The van der Waals surface area contributed by atoms with Crippen molar-refractivity contribution in [2.75, 3.05) is 53.8 Å². The first-order chi connectivity index (χ1) is 8.86. The molecule has 1 fully saturated rings. The molecule has 5 heteroatoms. The van der Waals surface area contributed by atoms with E-state index in [1.165, 1.54) is 6.42 Å². The zero-order valence-corrected chi connectivity index (χ0v) is 11.7. The number of ether oxygens (including phenoxy) is 4. The molecule has 5 nitrogen and oxygen atoms in total. The van der Waals surface area contributed by atoms with Crippen molar-refractivity contribution >= 4 is 0 Å². The normalized spacial score (nSPS) is 23.7. The highest BCUT2D eigenvalue weighted by molar-refractivity contribution is 4.79. The van der Waals surface area contributed by atoms with Crippen LogP contribution in [0.4, 0.5) is 0 Å². The van der Waals surface area contributed by atoms with Gasteiger partial charge >= 0.3 is 0 Å². The van der Waals surface area contributed by atoms with Gasteiger partial charge in [-0.3, -0.25) is 0 Å². The molecule has 0 radical (unpaired) electrons. The van der Waals surface area contributed by atoms with E-state index < -0.39 is 0 Å². The Morgan fingerprint density at radius 3 is 2.22 bits per heavy atom. The summed E-state index contributed by atoms with van der Waals surface area (Å²) in [4.78, 5) is 0. The summed E-state index contributed by atoms with van der Waals surface area (Å²) in [6, 6.07) is 0.630. The summed E-state index contributed by atoms with van der Waals surface area (Å²) >= 11 is 0. The molecule has 1 saturated carbocycles. The predicted molar refractivity (Wildman–Crippen MR) is 70.0 cm³/mol. The number of methoxy groups -OCH3 is 1. The van der Waals surface area contributed by atoms with Crippen LogP contribution in [0.15, 0.2) is 0 Å². The molecule has 1 N–H and O–H groups in total. The van der Waals surface area contributed by atoms with Crippen molar-refractivity contribution < 1.29 is 18.9 Å². The molecule has 2 unspecified atom stereocenters. The van der Waals surface area contributed by atoms with E-state index in [-0.39, 0.29) is 0 Å². The minimum Gasteiger partial charge on any atom is -0.382 e. The molecule has 0 saturated heterocycles. The van der Waals surface area contributed by atoms with E-state index in [1.807, 2.05) is 7.05 Å². The van der Waals surface area contributed by atoms with Gasteiger partial charge in [0.15, 0.2) is 0 Å². The van der Waals surface area contributed by atoms with Crippen LogP contribution in [0.2, 0.25) is 0 Å². The van der Waals surface area contributed by atoms with Gasteiger partial charge in [-0.15, -0.1) is 0 Å². The molecule has 0 aliphatic heterocycles. The predicted octanol–water partition coefficient (Wildman–Crippen LogP) is 0.823. The third-order valence-electron chi connectivity index (χ3n) is 3.18. The van der Waals surface area contributed by atoms with Gasteiger partial charge in [0.2, 0.25) is 0 Å². The molecule has 0 aromatic rings. The van der Waals surface area contributed by atoms with Gasteiger partial charge in [0.25, 0.3) is 0 Å². The van der Waals surface area contributed by atoms with E-state index >= 15 is 0 Å². The molecule has 18 heavy (non-hydrogen) atoms. The number of rotatable bonds is 11. The van der Waals surface area contributed by atoms with Crippen LogP contribution in [-0.2, 0) is 18.9 Å². The average molecular weight is 261 g/mol. The van der Waals surface area contributed by atoms with Crippen molar-refractivity contribution in [1.29, 1.82) is 0 Å². The molecule has 0 spiro atoms. The third-order valence-corrected chi connectivity index (χ3v) is 3.18. The number of hydrogen-bond acceptors (Lipinski definition) is 5. The number of hydrogen-bond donors (Lipinski definition) is 1. The van der Waals surface area contributed by atoms with Crippen molar-refractivity contribution in [2.24, 2.45) is 0 Å². The molecule has 1 rings (SSSR count). The molecule has 108 valence electrons. The van der Waals surface area contributed by atoms with Gasteiger partial charge in [0.1, 0.15) is 0 Å². The SMILES string of the molecule is CNC1CCC(OCCOCCOCCOC)C1. The Hall–Kier alpha value is -0.200. The van der Waals surface area contributed by atoms with Crippen LogP contribution < -0.4 is 5.32 Å². The van der Waals surface area contributed by atoms with Crippen molar-refractivity contribution in [2.45, 2.75) is 31.4 Å². The van der Waals surface area contributed by atoms with Crippen LogP contribution in [0.3, 0.4) is 0 Å². The molecular weight excluding hydrogens is 234 g/mol. The maximum atomic E-state index is 5.75. The lowest BCUT2D eigenvalue weighted by atomic mass is 10.2. The molecule has 0 heterocycles. The van der Waals surface area contributed by atoms with Crippen molar-refractivity contribution in [1.82, 2.24) is 5.32 Å². The Bertz CT molecular complexity index is 192. The van der Waals surface area contributed by atoms with Crippen molar-refractivity contribution in [3.05, 3.63) is 0 Å². The summed E-state index contributed by atoms with van der Waals surface area (Å²) in [6.07, 6.45) is 3.90. The Morgan fingerprint density at radius 1 is 0.944 bits per heavy atom. The second-order valence-corrected chi connectivity index (χ2v) is 4.51. The lowest BCUT2D eigenvalue weighted by Crippen LogP contribution is -2.23. The second kappa shape index (κ2) is 10.7. The molecular formula is C13H27NO4. The third kappa shape index (κ3) is 7.28. The largest absolute Gasteiger partial charge is 0.382 e. The van der Waals surface area contributed by atoms with Crippen molar-refractivity contribution in [3.8, 4) is 0 Å². The Labute approximate surface area is 110 Å². The summed E-state index contributed by atoms with van der Waals surface area (Å²) in [6.45, 7) is 3.83. The molecule has 0 amide bonds. The highest BCUT2D eigenvalue weighted by Gasteiger charge is 2.23. The fourth-order valence-electron chi connectivity index (χ4n) is 2.09. The van der Waals surface area contributed by atoms with Crippen LogP contribution in [0, 0.1) is 0 Å². The average Bonchev–Trinajstić information content (AvgIpc) is 2.85. The monoisotopic (exact) mass is 261 g/mol. The molecule has 0 bridgehead atoms. The minimum atomic E-state index is 0.406. The summed E-state index contributed by atoms with van der Waals surface area (Å²) in [5, 5.41) is 3.29. The van der Waals surface area contributed by atoms with Gasteiger partial charge in [0.05, 0.1) is 45.7 Å². The summed E-state index contributed by atoms with van der Waals surface area (Å²) in [5.74, 6) is 0. The van der Waals surface area contributed by atoms with Gasteiger partial charge in [0, 0.05) is 13.2 Å². The Kier molecular flexibility index (Phi) is 9.42. The highest BCUT2D eigenvalue weighted by Crippen LogP contribution is 2.21. The van der Waals surface area contributed by atoms with Gasteiger partial charge in [-0.25, -0.2) is 0 Å². The highest BCUT2D eigenvalue weighted by atomic mass is 16.6. The summed E-state index contributed by atoms with van der Waals surface area (Å²) in [7, 11) is 3.68. The molecule has 1 aliphatic rings. The fourth-order valence-corrected chi connectivity index (χ4v) is 2.09. The zero-order chi connectivity index (χ0) is 13.1. The fraction of sp³-hybridized carbons (Fsp3) is 1.00. The van der Waals surface area contributed by atoms with E-state index in [1.54, 1.807) is 7.11 Å². The summed E-state index contributed by atoms with van der Waals surface area (Å²) in [5.41, 5.74) is 0. The first-order valence-electron chi connectivity index (χ1n) is 6.80. The summed E-state index contributed by atoms with van der Waals surface area (Å²) < 4.78 is 21.3. The first-order valence-corrected chi connectivity index (χ1v) is 6.80. The standard InChI is InChI=1S/C13H27NO4/c1-14-12-3-4-13(11-12)18-10-9-17-8-7-16-6-5-15-2/h12-14H,3-11H2,1-2H3. The van der Waals surface area contributed by atoms with Crippen LogP contribution in [0.1, 0.15) is 19.3 Å². The van der Waals surface area contributed by atoms with Gasteiger partial charge in [-0.2, -0.15) is 0 Å². The first kappa shape index (κ1) is 15.9. The van der Waals surface area contributed by atoms with Crippen LogP contribution in [0.5, 0.6) is 0 Å². The quantitative estimate of drug-likeness (QED) is 0.558. The topological polar surface area (TPSA) is 49.0 Å². The van der Waals surface area contributed by atoms with E-state index in [4.69, 9.17) is 18.9 Å². The lowest BCUT2D eigenvalue weighted by molar-refractivity contribution is -0.0147. The molecule has 0 aromatic heterocycles. The van der Waals surface area contributed by atoms with Gasteiger partial charge in [-0.05, 0) is 26.3 Å². The van der Waals surface area contributed by atoms with E-state index in [2.05, 4.69) is 5.32 Å². The van der Waals surface area contributed by atoms with E-state index in [0.717, 1.165) is 12.8 Å².